The van der Waals surface area contributed by atoms with Gasteiger partial charge >= 0.3 is 0 Å². The summed E-state index contributed by atoms with van der Waals surface area (Å²) in [5, 5.41) is 0. The van der Waals surface area contributed by atoms with Gasteiger partial charge in [0, 0.05) is 22.7 Å². The van der Waals surface area contributed by atoms with E-state index in [2.05, 4.69) is 12.2 Å². The first-order valence-corrected chi connectivity index (χ1v) is 6.99. The van der Waals surface area contributed by atoms with Crippen molar-refractivity contribution in [2.24, 2.45) is 46.3 Å². The monoisotopic (exact) mass is 226 g/mol. The minimum absolute atomic E-state index is 0.163. The number of Topliss-reactive ketones (excluding diaryl/α,β-unsaturated/α-hetero) is 2. The third-order valence-corrected chi connectivity index (χ3v) is 7.63. The Morgan fingerprint density at radius 1 is 0.882 bits per heavy atom. The molecule has 6 rings (SSSR count). The van der Waals surface area contributed by atoms with Gasteiger partial charge in [0.25, 0.3) is 0 Å². The molecule has 0 aromatic carbocycles. The highest BCUT2D eigenvalue weighted by atomic mass is 16.2. The molecule has 0 N–H and O–H groups in total. The van der Waals surface area contributed by atoms with Crippen molar-refractivity contribution in [3.05, 3.63) is 12.2 Å². The van der Waals surface area contributed by atoms with Gasteiger partial charge in [0.1, 0.15) is 11.6 Å². The van der Waals surface area contributed by atoms with Crippen LogP contribution in [0.4, 0.5) is 0 Å². The summed E-state index contributed by atoms with van der Waals surface area (Å²) in [5.41, 5.74) is -0.388. The van der Waals surface area contributed by atoms with Crippen molar-refractivity contribution in [3.63, 3.8) is 0 Å². The van der Waals surface area contributed by atoms with Crippen LogP contribution < -0.4 is 0 Å². The summed E-state index contributed by atoms with van der Waals surface area (Å²) in [7, 11) is 0. The van der Waals surface area contributed by atoms with E-state index >= 15 is 0 Å². The van der Waals surface area contributed by atoms with E-state index in [0.29, 0.717) is 35.2 Å². The van der Waals surface area contributed by atoms with Crippen LogP contribution >= 0.6 is 0 Å². The molecule has 2 spiro atoms. The summed E-state index contributed by atoms with van der Waals surface area (Å²) in [5.74, 6) is 3.78. The minimum atomic E-state index is -0.194. The fourth-order valence-corrected chi connectivity index (χ4v) is 7.71. The average Bonchev–Trinajstić information content (AvgIpc) is 2.86. The number of allylic oxidation sites excluding steroid dienone is 2. The van der Waals surface area contributed by atoms with Crippen molar-refractivity contribution < 1.29 is 9.59 Å². The zero-order valence-electron chi connectivity index (χ0n) is 9.56. The number of carbonyl (C=O) groups excluding carboxylic acids is 2. The Labute approximate surface area is 99.4 Å². The number of hydrogen-bond donors (Lipinski definition) is 0. The molecular formula is C15H14O2. The van der Waals surface area contributed by atoms with E-state index in [4.69, 9.17) is 0 Å². The van der Waals surface area contributed by atoms with E-state index in [1.54, 1.807) is 0 Å². The van der Waals surface area contributed by atoms with Crippen molar-refractivity contribution in [1.82, 2.24) is 0 Å². The maximum Gasteiger partial charge on any atom is 0.144 e. The van der Waals surface area contributed by atoms with Gasteiger partial charge < -0.3 is 0 Å². The SMILES string of the molecule is O=C1C2C3C(=O)C45CC=CCC14C1C5[C@H]3C[C@H]21. The summed E-state index contributed by atoms with van der Waals surface area (Å²) >= 11 is 0. The number of hydrogen-bond acceptors (Lipinski definition) is 2. The van der Waals surface area contributed by atoms with Gasteiger partial charge in [0.05, 0.1) is 0 Å². The Morgan fingerprint density at radius 2 is 1.35 bits per heavy atom. The second kappa shape index (κ2) is 1.86. The predicted molar refractivity (Wildman–Crippen MR) is 58.8 cm³/mol. The fraction of sp³-hybridized carbons (Fsp3) is 0.733. The molecule has 6 aliphatic rings. The van der Waals surface area contributed by atoms with E-state index in [1.165, 1.54) is 6.42 Å². The molecule has 0 aromatic heterocycles. The van der Waals surface area contributed by atoms with Crippen molar-refractivity contribution in [2.45, 2.75) is 19.3 Å². The van der Waals surface area contributed by atoms with Crippen LogP contribution in [0.15, 0.2) is 12.2 Å². The molecule has 2 nitrogen and oxygen atoms in total. The summed E-state index contributed by atoms with van der Waals surface area (Å²) in [6.07, 6.45) is 7.32. The van der Waals surface area contributed by atoms with Gasteiger partial charge in [-0.1, -0.05) is 12.2 Å². The van der Waals surface area contributed by atoms with Crippen LogP contribution in [0.2, 0.25) is 0 Å². The van der Waals surface area contributed by atoms with E-state index in [0.717, 1.165) is 12.8 Å². The lowest BCUT2D eigenvalue weighted by Gasteiger charge is -2.64. The molecule has 0 saturated heterocycles. The first-order chi connectivity index (χ1) is 8.25. The Balaban J connectivity index is 1.79. The number of carbonyl (C=O) groups is 2. The van der Waals surface area contributed by atoms with Gasteiger partial charge in [-0.2, -0.15) is 0 Å². The van der Waals surface area contributed by atoms with Crippen LogP contribution in [0.25, 0.3) is 0 Å². The molecule has 86 valence electrons. The van der Waals surface area contributed by atoms with Crippen LogP contribution in [-0.2, 0) is 9.59 Å². The molecular weight excluding hydrogens is 212 g/mol. The molecule has 5 saturated carbocycles. The van der Waals surface area contributed by atoms with Crippen LogP contribution in [0.5, 0.6) is 0 Å². The fourth-order valence-electron chi connectivity index (χ4n) is 7.71. The van der Waals surface area contributed by atoms with E-state index < -0.39 is 0 Å². The van der Waals surface area contributed by atoms with Gasteiger partial charge in [-0.05, 0) is 42.9 Å². The third-order valence-electron chi connectivity index (χ3n) is 7.63. The molecule has 6 aliphatic carbocycles. The molecule has 0 amide bonds. The normalized spacial score (nSPS) is 71.3. The van der Waals surface area contributed by atoms with Crippen molar-refractivity contribution in [2.75, 3.05) is 0 Å². The molecule has 2 heteroatoms. The molecule has 6 unspecified atom stereocenters. The second-order valence-electron chi connectivity index (χ2n) is 7.22. The summed E-state index contributed by atoms with van der Waals surface area (Å²) < 4.78 is 0. The van der Waals surface area contributed by atoms with Crippen molar-refractivity contribution >= 4 is 11.6 Å². The highest BCUT2D eigenvalue weighted by molar-refractivity contribution is 6.11. The van der Waals surface area contributed by atoms with Gasteiger partial charge in [0.2, 0.25) is 0 Å². The highest BCUT2D eigenvalue weighted by Gasteiger charge is 2.95. The molecule has 0 aliphatic heterocycles. The van der Waals surface area contributed by atoms with Gasteiger partial charge in [0.15, 0.2) is 0 Å². The lowest BCUT2D eigenvalue weighted by molar-refractivity contribution is -0.191. The van der Waals surface area contributed by atoms with E-state index in [1.807, 2.05) is 0 Å². The van der Waals surface area contributed by atoms with Crippen LogP contribution in [0, 0.1) is 46.3 Å². The third kappa shape index (κ3) is 0.434. The first-order valence-electron chi connectivity index (χ1n) is 6.99. The summed E-state index contributed by atoms with van der Waals surface area (Å²) in [6.45, 7) is 0. The lowest BCUT2D eigenvalue weighted by Crippen LogP contribution is -2.68. The van der Waals surface area contributed by atoms with Crippen molar-refractivity contribution in [1.29, 1.82) is 0 Å². The number of ketones is 2. The minimum Gasteiger partial charge on any atom is -0.299 e. The molecule has 17 heavy (non-hydrogen) atoms. The van der Waals surface area contributed by atoms with Gasteiger partial charge in [-0.25, -0.2) is 0 Å². The highest BCUT2D eigenvalue weighted by Crippen LogP contribution is 2.91. The Hall–Kier alpha value is -0.920. The Morgan fingerprint density at radius 3 is 1.82 bits per heavy atom. The van der Waals surface area contributed by atoms with Crippen LogP contribution in [-0.4, -0.2) is 11.6 Å². The van der Waals surface area contributed by atoms with E-state index in [9.17, 15) is 9.59 Å². The molecule has 5 fully saturated rings. The molecule has 8 atom stereocenters. The largest absolute Gasteiger partial charge is 0.299 e. The molecule has 0 radical (unpaired) electrons. The quantitative estimate of drug-likeness (QED) is 0.588. The number of fused-ring (bicyclic) bond motifs is 1. The second-order valence-corrected chi connectivity index (χ2v) is 7.22. The maximum absolute atomic E-state index is 12.8. The summed E-state index contributed by atoms with van der Waals surface area (Å²) in [4.78, 5) is 25.6. The Bertz CT molecular complexity index is 513. The van der Waals surface area contributed by atoms with Gasteiger partial charge in [-0.15, -0.1) is 0 Å². The van der Waals surface area contributed by atoms with E-state index in [-0.39, 0.29) is 22.7 Å². The zero-order chi connectivity index (χ0) is 11.2. The van der Waals surface area contributed by atoms with Crippen LogP contribution in [0.1, 0.15) is 19.3 Å². The first kappa shape index (κ1) is 8.23. The molecule has 2 bridgehead atoms. The number of rotatable bonds is 0. The summed E-state index contributed by atoms with van der Waals surface area (Å²) in [6, 6.07) is 0. The predicted octanol–water partition coefficient (Wildman–Crippen LogP) is 1.60. The van der Waals surface area contributed by atoms with Gasteiger partial charge in [-0.3, -0.25) is 9.59 Å². The zero-order valence-corrected chi connectivity index (χ0v) is 9.56. The maximum atomic E-state index is 12.8. The van der Waals surface area contributed by atoms with Crippen molar-refractivity contribution in [3.8, 4) is 0 Å². The molecule has 0 heterocycles. The Kier molecular flexibility index (Phi) is 0.901. The standard InChI is InChI=1S/C15H14O2/c16-12-8-6-5-7-9(8)13(17)15-4-2-1-3-14(12,15)10(6)11(7)15/h1-2,6-11H,3-5H2/t6-,7+,8?,9?,10?,11?,14?,15?. The topological polar surface area (TPSA) is 34.1 Å². The van der Waals surface area contributed by atoms with Crippen LogP contribution in [0.3, 0.4) is 0 Å². The lowest BCUT2D eigenvalue weighted by atomic mass is 9.36. The average molecular weight is 226 g/mol. The smallest absolute Gasteiger partial charge is 0.144 e. The molecule has 0 aromatic rings.